The largest absolute Gasteiger partial charge is 0.416 e. The lowest BCUT2D eigenvalue weighted by atomic mass is 10.1. The van der Waals surface area contributed by atoms with E-state index in [1.54, 1.807) is 41.3 Å². The zero-order chi connectivity index (χ0) is 27.8. The van der Waals surface area contributed by atoms with E-state index in [1.807, 2.05) is 13.1 Å². The highest BCUT2D eigenvalue weighted by molar-refractivity contribution is 7.90. The Labute approximate surface area is 221 Å². The van der Waals surface area contributed by atoms with Gasteiger partial charge >= 0.3 is 6.18 Å². The molecular formula is C26H20F3N7O2S. The summed E-state index contributed by atoms with van der Waals surface area (Å²) in [6, 6.07) is 12.0. The molecule has 5 rings (SSSR count). The maximum Gasteiger partial charge on any atom is 0.416 e. The van der Waals surface area contributed by atoms with Crippen LogP contribution in [0, 0.1) is 18.3 Å². The summed E-state index contributed by atoms with van der Waals surface area (Å²) >= 11 is 0. The summed E-state index contributed by atoms with van der Waals surface area (Å²) < 4.78 is 67.6. The van der Waals surface area contributed by atoms with E-state index >= 15 is 0 Å². The predicted octanol–water partition coefficient (Wildman–Crippen LogP) is 5.52. The SMILES string of the molecule is Cc1cnc(Nc2ccc3c(ccn3S(=O)(=O)c3ccc(C(F)(F)F)cc3)c2)nc1-c1cnn(CCC#N)c1. The molecule has 5 aromatic rings. The average Bonchev–Trinajstić information content (AvgIpc) is 3.55. The van der Waals surface area contributed by atoms with Crippen LogP contribution < -0.4 is 5.32 Å². The second kappa shape index (κ2) is 9.88. The number of nitrogens with zero attached hydrogens (tertiary/aromatic N) is 6. The number of halogens is 3. The number of hydrogen-bond acceptors (Lipinski definition) is 7. The van der Waals surface area contributed by atoms with Gasteiger partial charge in [-0.3, -0.25) is 4.68 Å². The van der Waals surface area contributed by atoms with Crippen LogP contribution in [0.25, 0.3) is 22.2 Å². The van der Waals surface area contributed by atoms with E-state index in [4.69, 9.17) is 5.26 Å². The number of nitriles is 1. The van der Waals surface area contributed by atoms with Gasteiger partial charge in [0.05, 0.1) is 46.9 Å². The molecule has 0 aliphatic rings. The summed E-state index contributed by atoms with van der Waals surface area (Å²) in [5.74, 6) is 0.316. The molecule has 0 saturated carbocycles. The molecule has 0 saturated heterocycles. The number of alkyl halides is 3. The van der Waals surface area contributed by atoms with Gasteiger partial charge < -0.3 is 5.32 Å². The Kier molecular flexibility index (Phi) is 6.57. The van der Waals surface area contributed by atoms with Gasteiger partial charge in [0.15, 0.2) is 0 Å². The van der Waals surface area contributed by atoms with Crippen molar-refractivity contribution in [2.24, 2.45) is 0 Å². The molecule has 0 bridgehead atoms. The Hall–Kier alpha value is -4.70. The lowest BCUT2D eigenvalue weighted by Crippen LogP contribution is -2.12. The highest BCUT2D eigenvalue weighted by atomic mass is 32.2. The van der Waals surface area contributed by atoms with Gasteiger partial charge in [0, 0.05) is 35.2 Å². The van der Waals surface area contributed by atoms with Crippen molar-refractivity contribution in [3.8, 4) is 17.3 Å². The van der Waals surface area contributed by atoms with Crippen LogP contribution in [0.5, 0.6) is 0 Å². The Morgan fingerprint density at radius 3 is 2.56 bits per heavy atom. The fourth-order valence-electron chi connectivity index (χ4n) is 4.03. The Bertz CT molecular complexity index is 1820. The van der Waals surface area contributed by atoms with Crippen molar-refractivity contribution in [3.05, 3.63) is 84.4 Å². The first-order valence-corrected chi connectivity index (χ1v) is 13.0. The Morgan fingerprint density at radius 2 is 1.85 bits per heavy atom. The molecule has 3 heterocycles. The third-order valence-electron chi connectivity index (χ3n) is 5.98. The Balaban J connectivity index is 1.40. The molecule has 0 fully saturated rings. The smallest absolute Gasteiger partial charge is 0.324 e. The molecule has 0 aliphatic heterocycles. The third-order valence-corrected chi connectivity index (χ3v) is 7.68. The van der Waals surface area contributed by atoms with Crippen molar-refractivity contribution in [1.29, 1.82) is 5.26 Å². The first-order chi connectivity index (χ1) is 18.6. The monoisotopic (exact) mass is 551 g/mol. The Morgan fingerprint density at radius 1 is 1.08 bits per heavy atom. The fourth-order valence-corrected chi connectivity index (χ4v) is 5.38. The minimum absolute atomic E-state index is 0.258. The molecular weight excluding hydrogens is 531 g/mol. The molecule has 0 amide bonds. The van der Waals surface area contributed by atoms with E-state index in [2.05, 4.69) is 26.5 Å². The summed E-state index contributed by atoms with van der Waals surface area (Å²) in [6.45, 7) is 2.34. The first kappa shape index (κ1) is 25.9. The molecule has 13 heteroatoms. The minimum Gasteiger partial charge on any atom is -0.324 e. The van der Waals surface area contributed by atoms with Gasteiger partial charge in [-0.25, -0.2) is 22.4 Å². The third kappa shape index (κ3) is 5.19. The fraction of sp³-hybridized carbons (Fsp3) is 0.154. The second-order valence-electron chi connectivity index (χ2n) is 8.66. The number of aryl methyl sites for hydroxylation is 2. The van der Waals surface area contributed by atoms with Gasteiger partial charge in [-0.15, -0.1) is 0 Å². The van der Waals surface area contributed by atoms with Gasteiger partial charge in [0.25, 0.3) is 10.0 Å². The van der Waals surface area contributed by atoms with Crippen LogP contribution in [0.1, 0.15) is 17.5 Å². The normalized spacial score (nSPS) is 12.0. The number of aromatic nitrogens is 5. The maximum absolute atomic E-state index is 13.1. The van der Waals surface area contributed by atoms with Crippen molar-refractivity contribution in [3.63, 3.8) is 0 Å². The zero-order valence-electron chi connectivity index (χ0n) is 20.4. The van der Waals surface area contributed by atoms with Crippen LogP contribution >= 0.6 is 0 Å². The molecule has 0 radical (unpaired) electrons. The molecule has 9 nitrogen and oxygen atoms in total. The molecule has 0 aliphatic carbocycles. The summed E-state index contributed by atoms with van der Waals surface area (Å²) in [5, 5.41) is 16.7. The van der Waals surface area contributed by atoms with Crippen LogP contribution in [0.15, 0.2) is 78.2 Å². The number of benzene rings is 2. The molecule has 1 N–H and O–H groups in total. The van der Waals surface area contributed by atoms with Crippen LogP contribution in [0.3, 0.4) is 0 Å². The van der Waals surface area contributed by atoms with Gasteiger partial charge in [0.2, 0.25) is 5.95 Å². The quantitative estimate of drug-likeness (QED) is 0.283. The minimum atomic E-state index is -4.56. The molecule has 198 valence electrons. The lowest BCUT2D eigenvalue weighted by molar-refractivity contribution is -0.137. The summed E-state index contributed by atoms with van der Waals surface area (Å²) in [6.07, 6.45) is 2.28. The van der Waals surface area contributed by atoms with Crippen LogP contribution in [0.4, 0.5) is 24.8 Å². The van der Waals surface area contributed by atoms with Crippen molar-refractivity contribution >= 4 is 32.6 Å². The van der Waals surface area contributed by atoms with E-state index in [0.717, 1.165) is 39.4 Å². The molecule has 3 aromatic heterocycles. The second-order valence-corrected chi connectivity index (χ2v) is 10.5. The molecule has 0 unspecified atom stereocenters. The van der Waals surface area contributed by atoms with Crippen LogP contribution in [-0.4, -0.2) is 32.1 Å². The molecule has 0 spiro atoms. The highest BCUT2D eigenvalue weighted by Crippen LogP contribution is 2.31. The number of nitrogens with one attached hydrogen (secondary N) is 1. The van der Waals surface area contributed by atoms with E-state index in [0.29, 0.717) is 41.2 Å². The molecule has 39 heavy (non-hydrogen) atoms. The van der Waals surface area contributed by atoms with E-state index < -0.39 is 21.8 Å². The summed E-state index contributed by atoms with van der Waals surface area (Å²) in [4.78, 5) is 8.67. The molecule has 0 atom stereocenters. The summed E-state index contributed by atoms with van der Waals surface area (Å²) in [5.41, 5.74) is 2.31. The summed E-state index contributed by atoms with van der Waals surface area (Å²) in [7, 11) is -4.12. The van der Waals surface area contributed by atoms with E-state index in [1.165, 1.54) is 6.20 Å². The van der Waals surface area contributed by atoms with Crippen molar-refractivity contribution < 1.29 is 21.6 Å². The average molecular weight is 552 g/mol. The predicted molar refractivity (Wildman–Crippen MR) is 137 cm³/mol. The topological polar surface area (TPSA) is 118 Å². The van der Waals surface area contributed by atoms with Gasteiger partial charge in [-0.2, -0.15) is 23.5 Å². The number of rotatable bonds is 7. The van der Waals surface area contributed by atoms with Crippen molar-refractivity contribution in [1.82, 2.24) is 23.7 Å². The van der Waals surface area contributed by atoms with Gasteiger partial charge in [0.1, 0.15) is 0 Å². The number of hydrogen-bond donors (Lipinski definition) is 1. The van der Waals surface area contributed by atoms with Crippen molar-refractivity contribution in [2.45, 2.75) is 31.0 Å². The van der Waals surface area contributed by atoms with Gasteiger partial charge in [-0.05, 0) is 61.0 Å². The highest BCUT2D eigenvalue weighted by Gasteiger charge is 2.31. The first-order valence-electron chi connectivity index (χ1n) is 11.6. The maximum atomic E-state index is 13.1. The van der Waals surface area contributed by atoms with E-state index in [9.17, 15) is 21.6 Å². The zero-order valence-corrected chi connectivity index (χ0v) is 21.2. The standard InChI is InChI=1S/C26H20F3N7O2S/c1-17-14-31-25(34-24(17)19-15-32-35(16-19)11-2-10-30)33-21-5-8-23-18(13-21)9-12-36(23)39(37,38)22-6-3-20(4-7-22)26(27,28)29/h3-9,12-16H,2,11H2,1H3,(H,31,33,34). The lowest BCUT2D eigenvalue weighted by Gasteiger charge is -2.11. The van der Waals surface area contributed by atoms with Crippen LogP contribution in [0.2, 0.25) is 0 Å². The van der Waals surface area contributed by atoms with Gasteiger partial charge in [-0.1, -0.05) is 0 Å². The van der Waals surface area contributed by atoms with Crippen molar-refractivity contribution in [2.75, 3.05) is 5.32 Å². The molecule has 2 aromatic carbocycles. The van der Waals surface area contributed by atoms with E-state index in [-0.39, 0.29) is 4.90 Å². The number of anilines is 2. The number of fused-ring (bicyclic) bond motifs is 1. The van der Waals surface area contributed by atoms with Crippen LogP contribution in [-0.2, 0) is 22.7 Å².